The van der Waals surface area contributed by atoms with Crippen LogP contribution in [0.1, 0.15) is 6.92 Å². The minimum Gasteiger partial charge on any atom is -0.399 e. The van der Waals surface area contributed by atoms with E-state index in [-0.39, 0.29) is 0 Å². The lowest BCUT2D eigenvalue weighted by Crippen LogP contribution is -1.99. The van der Waals surface area contributed by atoms with Crippen molar-refractivity contribution in [3.63, 3.8) is 0 Å². The third-order valence-electron chi connectivity index (χ3n) is 2.28. The summed E-state index contributed by atoms with van der Waals surface area (Å²) in [5, 5.41) is 4.36. The number of nitrogens with zero attached hydrogens (tertiary/aromatic N) is 3. The van der Waals surface area contributed by atoms with Crippen LogP contribution in [-0.2, 0) is 6.54 Å². The third-order valence-corrected chi connectivity index (χ3v) is 2.65. The summed E-state index contributed by atoms with van der Waals surface area (Å²) < 4.78 is 1.74. The Hall–Kier alpha value is -1.81. The van der Waals surface area contributed by atoms with Crippen LogP contribution >= 0.6 is 11.6 Å². The molecule has 2 rings (SSSR count). The molecule has 0 saturated heterocycles. The molecule has 88 valence electrons. The first-order valence-electron chi connectivity index (χ1n) is 5.20. The predicted molar refractivity (Wildman–Crippen MR) is 69.5 cm³/mol. The molecule has 2 aromatic rings. The lowest BCUT2D eigenvalue weighted by Gasteiger charge is -1.99. The molecule has 1 aromatic heterocycles. The zero-order chi connectivity index (χ0) is 12.3. The van der Waals surface area contributed by atoms with Crippen LogP contribution in [0.25, 0.3) is 11.4 Å². The molecule has 0 bridgehead atoms. The largest absolute Gasteiger partial charge is 0.399 e. The Morgan fingerprint density at radius 1 is 1.53 bits per heavy atom. The molecular weight excluding hydrogens is 236 g/mol. The Bertz CT molecular complexity index is 545. The molecule has 1 aromatic carbocycles. The molecule has 5 heteroatoms. The number of aromatic nitrogens is 3. The van der Waals surface area contributed by atoms with E-state index in [1.807, 2.05) is 31.2 Å². The summed E-state index contributed by atoms with van der Waals surface area (Å²) in [5.74, 6) is 0.666. The normalized spacial score (nSPS) is 11.8. The molecule has 0 amide bonds. The number of allylic oxidation sites excluding steroid dienone is 1. The smallest absolute Gasteiger partial charge is 0.181 e. The van der Waals surface area contributed by atoms with E-state index in [0.717, 1.165) is 11.1 Å². The summed E-state index contributed by atoms with van der Waals surface area (Å²) in [6.45, 7) is 2.58. The van der Waals surface area contributed by atoms with Crippen molar-refractivity contribution in [3.05, 3.63) is 41.7 Å². The minimum atomic E-state index is 0.638. The van der Waals surface area contributed by atoms with E-state index in [9.17, 15) is 0 Å². The standard InChI is InChI=1S/C12H13ClN4/c1-9(6-13)7-17-8-15-12(16-17)10-3-2-4-11(14)5-10/h2-6,8H,7,14H2,1H3/b9-6-. The molecule has 0 aliphatic carbocycles. The fraction of sp³-hybridized carbons (Fsp3) is 0.167. The summed E-state index contributed by atoms with van der Waals surface area (Å²) in [7, 11) is 0. The van der Waals surface area contributed by atoms with Gasteiger partial charge in [0.2, 0.25) is 0 Å². The van der Waals surface area contributed by atoms with Gasteiger partial charge < -0.3 is 5.73 Å². The van der Waals surface area contributed by atoms with Gasteiger partial charge in [0.25, 0.3) is 0 Å². The van der Waals surface area contributed by atoms with Crippen LogP contribution in [-0.4, -0.2) is 14.8 Å². The number of rotatable bonds is 3. The van der Waals surface area contributed by atoms with E-state index in [1.165, 1.54) is 0 Å². The summed E-state index contributed by atoms with van der Waals surface area (Å²) >= 11 is 5.61. The molecule has 0 aliphatic heterocycles. The van der Waals surface area contributed by atoms with Crippen molar-refractivity contribution in [2.24, 2.45) is 0 Å². The van der Waals surface area contributed by atoms with E-state index in [1.54, 1.807) is 16.5 Å². The van der Waals surface area contributed by atoms with Crippen molar-refractivity contribution in [1.82, 2.24) is 14.8 Å². The van der Waals surface area contributed by atoms with Crippen LogP contribution in [0.5, 0.6) is 0 Å². The second-order valence-electron chi connectivity index (χ2n) is 3.85. The van der Waals surface area contributed by atoms with Crippen LogP contribution in [0.15, 0.2) is 41.7 Å². The van der Waals surface area contributed by atoms with Gasteiger partial charge in [0.1, 0.15) is 6.33 Å². The van der Waals surface area contributed by atoms with Gasteiger partial charge in [0, 0.05) is 16.8 Å². The third kappa shape index (κ3) is 2.85. The summed E-state index contributed by atoms with van der Waals surface area (Å²) in [6, 6.07) is 7.50. The van der Waals surface area contributed by atoms with Crippen molar-refractivity contribution < 1.29 is 0 Å². The van der Waals surface area contributed by atoms with Gasteiger partial charge in [-0.05, 0) is 24.6 Å². The van der Waals surface area contributed by atoms with Gasteiger partial charge in [-0.15, -0.1) is 0 Å². The Balaban J connectivity index is 2.24. The van der Waals surface area contributed by atoms with E-state index >= 15 is 0 Å². The van der Waals surface area contributed by atoms with Crippen LogP contribution < -0.4 is 5.73 Å². The molecule has 0 fully saturated rings. The number of benzene rings is 1. The Morgan fingerprint density at radius 2 is 2.35 bits per heavy atom. The highest BCUT2D eigenvalue weighted by atomic mass is 35.5. The zero-order valence-electron chi connectivity index (χ0n) is 9.47. The molecule has 0 unspecified atom stereocenters. The van der Waals surface area contributed by atoms with Crippen molar-refractivity contribution in [2.75, 3.05) is 5.73 Å². The monoisotopic (exact) mass is 248 g/mol. The number of hydrogen-bond donors (Lipinski definition) is 1. The first-order chi connectivity index (χ1) is 8.19. The number of halogens is 1. The van der Waals surface area contributed by atoms with Gasteiger partial charge in [-0.2, -0.15) is 5.10 Å². The SMILES string of the molecule is C/C(=C/Cl)Cn1cnc(-c2cccc(N)c2)n1. The fourth-order valence-corrected chi connectivity index (χ4v) is 1.54. The van der Waals surface area contributed by atoms with E-state index in [2.05, 4.69) is 10.1 Å². The molecule has 0 atom stereocenters. The van der Waals surface area contributed by atoms with Crippen LogP contribution in [0.3, 0.4) is 0 Å². The quantitative estimate of drug-likeness (QED) is 0.850. The van der Waals surface area contributed by atoms with E-state index in [0.29, 0.717) is 18.1 Å². The topological polar surface area (TPSA) is 56.7 Å². The van der Waals surface area contributed by atoms with Crippen molar-refractivity contribution >= 4 is 17.3 Å². The van der Waals surface area contributed by atoms with Gasteiger partial charge in [0.05, 0.1) is 6.54 Å². The van der Waals surface area contributed by atoms with Gasteiger partial charge in [-0.1, -0.05) is 23.7 Å². The van der Waals surface area contributed by atoms with Crippen molar-refractivity contribution in [3.8, 4) is 11.4 Å². The maximum absolute atomic E-state index is 5.72. The van der Waals surface area contributed by atoms with Gasteiger partial charge in [0.15, 0.2) is 5.82 Å². The van der Waals surface area contributed by atoms with Gasteiger partial charge >= 0.3 is 0 Å². The first-order valence-corrected chi connectivity index (χ1v) is 5.64. The highest BCUT2D eigenvalue weighted by Gasteiger charge is 2.04. The van der Waals surface area contributed by atoms with Crippen LogP contribution in [0, 0.1) is 0 Å². The molecule has 1 heterocycles. The number of nitrogen functional groups attached to an aromatic ring is 1. The summed E-state index contributed by atoms with van der Waals surface area (Å²) in [6.07, 6.45) is 1.68. The average Bonchev–Trinajstić information content (AvgIpc) is 2.77. The molecule has 0 aliphatic rings. The highest BCUT2D eigenvalue weighted by molar-refractivity contribution is 6.25. The molecule has 2 N–H and O–H groups in total. The minimum absolute atomic E-state index is 0.638. The number of nitrogens with two attached hydrogens (primary N) is 1. The fourth-order valence-electron chi connectivity index (χ4n) is 1.47. The Morgan fingerprint density at radius 3 is 3.06 bits per heavy atom. The second-order valence-corrected chi connectivity index (χ2v) is 4.06. The van der Waals surface area contributed by atoms with Crippen LogP contribution in [0.2, 0.25) is 0 Å². The first kappa shape index (κ1) is 11.7. The van der Waals surface area contributed by atoms with Gasteiger partial charge in [-0.3, -0.25) is 0 Å². The Kier molecular flexibility index (Phi) is 3.44. The maximum atomic E-state index is 5.72. The highest BCUT2D eigenvalue weighted by Crippen LogP contribution is 2.17. The summed E-state index contributed by atoms with van der Waals surface area (Å²) in [4.78, 5) is 4.24. The number of hydrogen-bond acceptors (Lipinski definition) is 3. The van der Waals surface area contributed by atoms with Crippen molar-refractivity contribution in [1.29, 1.82) is 0 Å². The second kappa shape index (κ2) is 5.01. The van der Waals surface area contributed by atoms with E-state index in [4.69, 9.17) is 17.3 Å². The average molecular weight is 249 g/mol. The molecular formula is C12H13ClN4. The number of anilines is 1. The molecule has 0 radical (unpaired) electrons. The molecule has 17 heavy (non-hydrogen) atoms. The molecule has 0 spiro atoms. The van der Waals surface area contributed by atoms with Crippen LogP contribution in [0.4, 0.5) is 5.69 Å². The molecule has 0 saturated carbocycles. The van der Waals surface area contributed by atoms with Crippen molar-refractivity contribution in [2.45, 2.75) is 13.5 Å². The maximum Gasteiger partial charge on any atom is 0.181 e. The zero-order valence-corrected chi connectivity index (χ0v) is 10.2. The lowest BCUT2D eigenvalue weighted by atomic mass is 10.2. The lowest BCUT2D eigenvalue weighted by molar-refractivity contribution is 0.678. The Labute approximate surface area is 105 Å². The van der Waals surface area contributed by atoms with E-state index < -0.39 is 0 Å². The molecule has 4 nitrogen and oxygen atoms in total. The summed E-state index contributed by atoms with van der Waals surface area (Å²) in [5.41, 5.74) is 9.90. The van der Waals surface area contributed by atoms with Gasteiger partial charge in [-0.25, -0.2) is 9.67 Å². The predicted octanol–water partition coefficient (Wildman–Crippen LogP) is 2.67.